The summed E-state index contributed by atoms with van der Waals surface area (Å²) in [5, 5.41) is 9.19. The monoisotopic (exact) mass is 314 g/mol. The van der Waals surface area contributed by atoms with Gasteiger partial charge in [-0.25, -0.2) is 13.8 Å². The van der Waals surface area contributed by atoms with Gasteiger partial charge in [-0.1, -0.05) is 25.1 Å². The molecule has 21 heavy (non-hydrogen) atoms. The third-order valence-electron chi connectivity index (χ3n) is 3.15. The Bertz CT molecular complexity index is 673. The normalized spacial score (nSPS) is 12.8. The number of fused-ring (bicyclic) bond motifs is 1. The maximum Gasteiger partial charge on any atom is 0.313 e. The number of carbonyl (C=O) groups is 1. The molecule has 4 nitrogen and oxygen atoms in total. The highest BCUT2D eigenvalue weighted by atomic mass is 32.2. The molecule has 0 aliphatic heterocycles. The van der Waals surface area contributed by atoms with Crippen molar-refractivity contribution >= 4 is 28.8 Å². The third kappa shape index (κ3) is 3.34. The van der Waals surface area contributed by atoms with Crippen LogP contribution in [0.15, 0.2) is 17.3 Å². The number of rotatable bonds is 6. The van der Waals surface area contributed by atoms with Crippen LogP contribution in [0.25, 0.3) is 11.0 Å². The second-order valence-corrected chi connectivity index (χ2v) is 5.78. The van der Waals surface area contributed by atoms with Crippen LogP contribution in [0.5, 0.6) is 0 Å². The van der Waals surface area contributed by atoms with Crippen molar-refractivity contribution in [3.63, 3.8) is 0 Å². The second kappa shape index (κ2) is 6.43. The van der Waals surface area contributed by atoms with Gasteiger partial charge in [-0.15, -0.1) is 0 Å². The fraction of sp³-hybridized carbons (Fsp3) is 0.429. The molecule has 7 heteroatoms. The first-order valence-corrected chi connectivity index (χ1v) is 7.64. The average Bonchev–Trinajstić information content (AvgIpc) is 2.75. The summed E-state index contributed by atoms with van der Waals surface area (Å²) in [5.41, 5.74) is 0.439. The molecular formula is C14H16F2N2O2S. The molecule has 0 aliphatic rings. The molecule has 2 rings (SSSR count). The quantitative estimate of drug-likeness (QED) is 0.823. The van der Waals surface area contributed by atoms with E-state index in [2.05, 4.69) is 4.98 Å². The number of imidazole rings is 1. The number of carboxylic acids is 1. The Morgan fingerprint density at radius 3 is 2.81 bits per heavy atom. The van der Waals surface area contributed by atoms with Gasteiger partial charge in [0.25, 0.3) is 0 Å². The highest BCUT2D eigenvalue weighted by molar-refractivity contribution is 7.99. The van der Waals surface area contributed by atoms with Crippen LogP contribution in [0, 0.1) is 11.6 Å². The molecule has 0 radical (unpaired) electrons. The van der Waals surface area contributed by atoms with Crippen LogP contribution >= 0.6 is 11.8 Å². The van der Waals surface area contributed by atoms with Gasteiger partial charge >= 0.3 is 5.97 Å². The van der Waals surface area contributed by atoms with Crippen LogP contribution in [-0.2, 0) is 4.79 Å². The minimum atomic E-state index is -0.978. The molecule has 1 heterocycles. The molecular weight excluding hydrogens is 298 g/mol. The molecule has 0 saturated heterocycles. The predicted octanol–water partition coefficient (Wildman–Crippen LogP) is 3.85. The van der Waals surface area contributed by atoms with Crippen molar-refractivity contribution in [1.82, 2.24) is 9.55 Å². The van der Waals surface area contributed by atoms with Crippen LogP contribution < -0.4 is 0 Å². The molecule has 0 spiro atoms. The second-order valence-electron chi connectivity index (χ2n) is 4.84. The lowest BCUT2D eigenvalue weighted by Gasteiger charge is -2.16. The summed E-state index contributed by atoms with van der Waals surface area (Å²) in [6, 6.07) is 2.01. The number of aliphatic carboxylic acids is 1. The van der Waals surface area contributed by atoms with Crippen molar-refractivity contribution in [1.29, 1.82) is 0 Å². The van der Waals surface area contributed by atoms with Gasteiger partial charge in [0, 0.05) is 18.2 Å². The SMILES string of the molecule is CCCC(C)n1c(SCC(=O)O)nc2c(F)cc(F)cc21. The number of hydrogen-bond donors (Lipinski definition) is 1. The first-order valence-electron chi connectivity index (χ1n) is 6.65. The van der Waals surface area contributed by atoms with Crippen molar-refractivity contribution in [3.8, 4) is 0 Å². The van der Waals surface area contributed by atoms with Gasteiger partial charge in [-0.3, -0.25) is 4.79 Å². The van der Waals surface area contributed by atoms with Crippen molar-refractivity contribution in [2.24, 2.45) is 0 Å². The maximum absolute atomic E-state index is 13.8. The van der Waals surface area contributed by atoms with E-state index in [1.54, 1.807) is 4.57 Å². The molecule has 0 amide bonds. The molecule has 0 fully saturated rings. The van der Waals surface area contributed by atoms with E-state index in [4.69, 9.17) is 5.11 Å². The summed E-state index contributed by atoms with van der Waals surface area (Å²) in [6.07, 6.45) is 1.71. The van der Waals surface area contributed by atoms with Crippen molar-refractivity contribution < 1.29 is 18.7 Å². The number of thioether (sulfide) groups is 1. The lowest BCUT2D eigenvalue weighted by molar-refractivity contribution is -0.133. The largest absolute Gasteiger partial charge is 0.481 e. The Kier molecular flexibility index (Phi) is 4.82. The summed E-state index contributed by atoms with van der Waals surface area (Å²) in [5.74, 6) is -2.55. The van der Waals surface area contributed by atoms with Crippen LogP contribution in [0.4, 0.5) is 8.78 Å². The van der Waals surface area contributed by atoms with Crippen LogP contribution in [-0.4, -0.2) is 26.4 Å². The lowest BCUT2D eigenvalue weighted by atomic mass is 10.2. The summed E-state index contributed by atoms with van der Waals surface area (Å²) in [4.78, 5) is 14.9. The van der Waals surface area contributed by atoms with Crippen molar-refractivity contribution in [2.45, 2.75) is 37.9 Å². The summed E-state index contributed by atoms with van der Waals surface area (Å²) < 4.78 is 29.0. The molecule has 1 aromatic heterocycles. The van der Waals surface area contributed by atoms with E-state index < -0.39 is 17.6 Å². The molecule has 1 N–H and O–H groups in total. The van der Waals surface area contributed by atoms with E-state index in [0.717, 1.165) is 30.7 Å². The predicted molar refractivity (Wildman–Crippen MR) is 77.6 cm³/mol. The number of benzene rings is 1. The Morgan fingerprint density at radius 1 is 1.48 bits per heavy atom. The molecule has 0 aliphatic carbocycles. The fourth-order valence-corrected chi connectivity index (χ4v) is 3.13. The van der Waals surface area contributed by atoms with Gasteiger partial charge in [-0.05, 0) is 13.3 Å². The number of aromatic nitrogens is 2. The van der Waals surface area contributed by atoms with Gasteiger partial charge in [-0.2, -0.15) is 0 Å². The Morgan fingerprint density at radius 2 is 2.19 bits per heavy atom. The average molecular weight is 314 g/mol. The molecule has 1 atom stereocenters. The van der Waals surface area contributed by atoms with E-state index in [0.29, 0.717) is 10.7 Å². The summed E-state index contributed by atoms with van der Waals surface area (Å²) >= 11 is 1.01. The molecule has 1 aromatic carbocycles. The minimum absolute atomic E-state index is 0.0162. The zero-order chi connectivity index (χ0) is 15.6. The first-order chi connectivity index (χ1) is 9.93. The van der Waals surface area contributed by atoms with E-state index in [1.807, 2.05) is 13.8 Å². The number of hydrogen-bond acceptors (Lipinski definition) is 3. The molecule has 2 aromatic rings. The topological polar surface area (TPSA) is 55.1 Å². The van der Waals surface area contributed by atoms with Gasteiger partial charge in [0.05, 0.1) is 11.3 Å². The molecule has 0 saturated carbocycles. The fourth-order valence-electron chi connectivity index (χ4n) is 2.30. The first kappa shape index (κ1) is 15.8. The zero-order valence-electron chi connectivity index (χ0n) is 11.8. The number of nitrogens with zero attached hydrogens (tertiary/aromatic N) is 2. The standard InChI is InChI=1S/C14H16F2N2O2S/c1-3-4-8(2)18-11-6-9(15)5-10(16)13(11)17-14(18)21-7-12(19)20/h5-6,8H,3-4,7H2,1-2H3,(H,19,20). The smallest absolute Gasteiger partial charge is 0.313 e. The molecule has 0 bridgehead atoms. The van der Waals surface area contributed by atoms with E-state index in [-0.39, 0.29) is 17.3 Å². The van der Waals surface area contributed by atoms with Crippen molar-refractivity contribution in [3.05, 3.63) is 23.8 Å². The highest BCUT2D eigenvalue weighted by Gasteiger charge is 2.20. The van der Waals surface area contributed by atoms with E-state index in [1.165, 1.54) is 6.07 Å². The van der Waals surface area contributed by atoms with E-state index >= 15 is 0 Å². The highest BCUT2D eigenvalue weighted by Crippen LogP contribution is 2.31. The Balaban J connectivity index is 2.57. The number of halogens is 2. The molecule has 1 unspecified atom stereocenters. The summed E-state index contributed by atoms with van der Waals surface area (Å²) in [7, 11) is 0. The van der Waals surface area contributed by atoms with Gasteiger partial charge < -0.3 is 9.67 Å². The van der Waals surface area contributed by atoms with Crippen LogP contribution in [0.2, 0.25) is 0 Å². The van der Waals surface area contributed by atoms with Crippen LogP contribution in [0.1, 0.15) is 32.7 Å². The third-order valence-corrected chi connectivity index (χ3v) is 4.09. The van der Waals surface area contributed by atoms with Crippen molar-refractivity contribution in [2.75, 3.05) is 5.75 Å². The van der Waals surface area contributed by atoms with Gasteiger partial charge in [0.15, 0.2) is 11.0 Å². The lowest BCUT2D eigenvalue weighted by Crippen LogP contribution is -2.08. The Hall–Kier alpha value is -1.63. The molecule has 114 valence electrons. The Labute approximate surface area is 125 Å². The van der Waals surface area contributed by atoms with E-state index in [9.17, 15) is 13.6 Å². The number of carboxylic acid groups (broad SMARTS) is 1. The van der Waals surface area contributed by atoms with Crippen LogP contribution in [0.3, 0.4) is 0 Å². The zero-order valence-corrected chi connectivity index (χ0v) is 12.6. The maximum atomic E-state index is 13.8. The van der Waals surface area contributed by atoms with Gasteiger partial charge in [0.1, 0.15) is 11.3 Å². The minimum Gasteiger partial charge on any atom is -0.481 e. The van der Waals surface area contributed by atoms with Gasteiger partial charge in [0.2, 0.25) is 0 Å². The summed E-state index contributed by atoms with van der Waals surface area (Å²) in [6.45, 7) is 3.94.